The zero-order valence-corrected chi connectivity index (χ0v) is 17.2. The Bertz CT molecular complexity index is 1010. The third-order valence-corrected chi connectivity index (χ3v) is 5.30. The highest BCUT2D eigenvalue weighted by molar-refractivity contribution is 6.02. The second kappa shape index (κ2) is 8.95. The molecule has 0 unspecified atom stereocenters. The molecule has 152 valence electrons. The molecule has 1 amide bonds. The first-order valence-electron chi connectivity index (χ1n) is 9.87. The van der Waals surface area contributed by atoms with Crippen LogP contribution in [0, 0.1) is 12.7 Å². The molecule has 3 rings (SSSR count). The number of ether oxygens (including phenoxy) is 1. The number of aromatic nitrogens is 1. The van der Waals surface area contributed by atoms with E-state index in [1.54, 1.807) is 19.2 Å². The van der Waals surface area contributed by atoms with E-state index < -0.39 is 5.91 Å². The third kappa shape index (κ3) is 4.19. The smallest absolute Gasteiger partial charge is 0.251 e. The molecule has 0 saturated heterocycles. The normalized spacial score (nSPS) is 10.9. The fourth-order valence-corrected chi connectivity index (χ4v) is 3.85. The van der Waals surface area contributed by atoms with Gasteiger partial charge in [0.25, 0.3) is 5.91 Å². The first-order chi connectivity index (χ1) is 14.0. The molecule has 0 fully saturated rings. The molecule has 4 nitrogen and oxygen atoms in total. The predicted octanol–water partition coefficient (Wildman–Crippen LogP) is 5.10. The first kappa shape index (κ1) is 20.6. The number of carbonyl (C=O) groups is 1. The van der Waals surface area contributed by atoms with Gasteiger partial charge in [-0.05, 0) is 43.5 Å². The van der Waals surface area contributed by atoms with Crippen molar-refractivity contribution >= 4 is 5.91 Å². The average Bonchev–Trinajstić information content (AvgIpc) is 2.99. The minimum absolute atomic E-state index is 0.311. The number of methoxy groups -OCH3 is 1. The van der Waals surface area contributed by atoms with Gasteiger partial charge < -0.3 is 15.0 Å². The van der Waals surface area contributed by atoms with Gasteiger partial charge in [0.15, 0.2) is 0 Å². The Morgan fingerprint density at radius 2 is 1.83 bits per heavy atom. The van der Waals surface area contributed by atoms with Gasteiger partial charge in [-0.3, -0.25) is 4.79 Å². The Labute approximate surface area is 171 Å². The van der Waals surface area contributed by atoms with Crippen LogP contribution in [0.5, 0.6) is 5.75 Å². The van der Waals surface area contributed by atoms with Crippen molar-refractivity contribution in [3.05, 3.63) is 76.9 Å². The predicted molar refractivity (Wildman–Crippen MR) is 114 cm³/mol. The minimum Gasteiger partial charge on any atom is -0.496 e. The van der Waals surface area contributed by atoms with E-state index >= 15 is 0 Å². The Morgan fingerprint density at radius 3 is 2.45 bits per heavy atom. The van der Waals surface area contributed by atoms with Crippen LogP contribution in [-0.2, 0) is 13.0 Å². The van der Waals surface area contributed by atoms with Crippen LogP contribution in [0.2, 0.25) is 0 Å². The Balaban J connectivity index is 2.23. The molecule has 0 aliphatic heterocycles. The summed E-state index contributed by atoms with van der Waals surface area (Å²) in [6.07, 6.45) is 2.79. The molecule has 0 spiro atoms. The maximum Gasteiger partial charge on any atom is 0.251 e. The fourth-order valence-electron chi connectivity index (χ4n) is 3.85. The molecule has 2 N–H and O–H groups in total. The molecular weight excluding hydrogens is 367 g/mol. The van der Waals surface area contributed by atoms with Crippen LogP contribution in [0.1, 0.15) is 47.1 Å². The molecule has 1 aromatic heterocycles. The summed E-state index contributed by atoms with van der Waals surface area (Å²) in [4.78, 5) is 12.4. The lowest BCUT2D eigenvalue weighted by atomic mass is 9.97. The van der Waals surface area contributed by atoms with E-state index in [9.17, 15) is 9.18 Å². The van der Waals surface area contributed by atoms with E-state index in [1.165, 1.54) is 12.1 Å². The van der Waals surface area contributed by atoms with Crippen LogP contribution in [0.3, 0.4) is 0 Å². The summed E-state index contributed by atoms with van der Waals surface area (Å²) < 4.78 is 21.2. The van der Waals surface area contributed by atoms with Gasteiger partial charge in [0, 0.05) is 22.5 Å². The highest BCUT2D eigenvalue weighted by Gasteiger charge is 2.25. The van der Waals surface area contributed by atoms with Crippen molar-refractivity contribution in [2.24, 2.45) is 5.73 Å². The molecule has 0 atom stereocenters. The lowest BCUT2D eigenvalue weighted by Gasteiger charge is -2.15. The molecular formula is C24H27FN2O2. The van der Waals surface area contributed by atoms with Gasteiger partial charge in [0.1, 0.15) is 11.6 Å². The number of hydrogen-bond donors (Lipinski definition) is 1. The van der Waals surface area contributed by atoms with Crippen molar-refractivity contribution in [1.29, 1.82) is 0 Å². The summed E-state index contributed by atoms with van der Waals surface area (Å²) >= 11 is 0. The Hall–Kier alpha value is -3.08. The van der Waals surface area contributed by atoms with Gasteiger partial charge >= 0.3 is 0 Å². The number of unbranched alkanes of at least 4 members (excludes halogenated alkanes) is 1. The van der Waals surface area contributed by atoms with E-state index in [0.29, 0.717) is 12.1 Å². The molecule has 3 aromatic rings. The molecule has 0 aliphatic rings. The zero-order chi connectivity index (χ0) is 21.0. The SMILES string of the molecule is CCCCc1c(-c2ccc(F)cc2)c(C(N)=O)c(C)n1Cc1ccccc1OC. The van der Waals surface area contributed by atoms with E-state index in [0.717, 1.165) is 53.1 Å². The van der Waals surface area contributed by atoms with Crippen LogP contribution < -0.4 is 10.5 Å². The van der Waals surface area contributed by atoms with Crippen molar-refractivity contribution in [1.82, 2.24) is 4.57 Å². The highest BCUT2D eigenvalue weighted by Crippen LogP contribution is 2.35. The minimum atomic E-state index is -0.474. The van der Waals surface area contributed by atoms with Gasteiger partial charge in [-0.15, -0.1) is 0 Å². The van der Waals surface area contributed by atoms with Crippen LogP contribution in [0.4, 0.5) is 4.39 Å². The van der Waals surface area contributed by atoms with E-state index in [4.69, 9.17) is 10.5 Å². The second-order valence-corrected chi connectivity index (χ2v) is 7.15. The summed E-state index contributed by atoms with van der Waals surface area (Å²) in [7, 11) is 1.65. The third-order valence-electron chi connectivity index (χ3n) is 5.30. The number of hydrogen-bond acceptors (Lipinski definition) is 2. The molecule has 29 heavy (non-hydrogen) atoms. The van der Waals surface area contributed by atoms with E-state index in [1.807, 2.05) is 31.2 Å². The number of primary amides is 1. The molecule has 0 saturated carbocycles. The van der Waals surface area contributed by atoms with Crippen molar-refractivity contribution in [2.75, 3.05) is 7.11 Å². The summed E-state index contributed by atoms with van der Waals surface area (Å²) in [5.74, 6) is 0.0130. The first-order valence-corrected chi connectivity index (χ1v) is 9.87. The molecule has 0 bridgehead atoms. The number of nitrogens with two attached hydrogens (primary N) is 1. The van der Waals surface area contributed by atoms with Crippen LogP contribution in [0.25, 0.3) is 11.1 Å². The van der Waals surface area contributed by atoms with Crippen molar-refractivity contribution < 1.29 is 13.9 Å². The van der Waals surface area contributed by atoms with E-state index in [2.05, 4.69) is 11.5 Å². The maximum atomic E-state index is 13.5. The zero-order valence-electron chi connectivity index (χ0n) is 17.2. The van der Waals surface area contributed by atoms with Crippen LogP contribution in [-0.4, -0.2) is 17.6 Å². The van der Waals surface area contributed by atoms with Crippen LogP contribution >= 0.6 is 0 Å². The van der Waals surface area contributed by atoms with E-state index in [-0.39, 0.29) is 5.82 Å². The number of nitrogens with zero attached hydrogens (tertiary/aromatic N) is 1. The molecule has 2 aromatic carbocycles. The quantitative estimate of drug-likeness (QED) is 0.578. The van der Waals surface area contributed by atoms with Gasteiger partial charge in [-0.2, -0.15) is 0 Å². The van der Waals surface area contributed by atoms with Gasteiger partial charge in [-0.1, -0.05) is 43.7 Å². The van der Waals surface area contributed by atoms with Gasteiger partial charge in [-0.25, -0.2) is 4.39 Å². The standard InChI is InChI=1S/C24H27FN2O2/c1-4-5-9-20-23(17-11-13-19(25)14-12-17)22(24(26)28)16(2)27(20)15-18-8-6-7-10-21(18)29-3/h6-8,10-14H,4-5,9,15H2,1-3H3,(H2,26,28). The highest BCUT2D eigenvalue weighted by atomic mass is 19.1. The second-order valence-electron chi connectivity index (χ2n) is 7.15. The number of carbonyl (C=O) groups excluding carboxylic acids is 1. The average molecular weight is 394 g/mol. The van der Waals surface area contributed by atoms with Crippen molar-refractivity contribution in [2.45, 2.75) is 39.7 Å². The summed E-state index contributed by atoms with van der Waals surface area (Å²) in [5.41, 5.74) is 10.8. The molecule has 1 heterocycles. The number of rotatable bonds is 8. The molecule has 5 heteroatoms. The lowest BCUT2D eigenvalue weighted by Crippen LogP contribution is -2.13. The summed E-state index contributed by atoms with van der Waals surface area (Å²) in [6.45, 7) is 4.61. The fraction of sp³-hybridized carbons (Fsp3) is 0.292. The van der Waals surface area contributed by atoms with Crippen LogP contribution in [0.15, 0.2) is 48.5 Å². The molecule has 0 aliphatic carbocycles. The number of para-hydroxylation sites is 1. The largest absolute Gasteiger partial charge is 0.496 e. The Kier molecular flexibility index (Phi) is 6.37. The number of benzene rings is 2. The van der Waals surface area contributed by atoms with Gasteiger partial charge in [0.05, 0.1) is 19.2 Å². The topological polar surface area (TPSA) is 57.2 Å². The lowest BCUT2D eigenvalue weighted by molar-refractivity contribution is 0.1000. The van der Waals surface area contributed by atoms with Gasteiger partial charge in [0.2, 0.25) is 0 Å². The Morgan fingerprint density at radius 1 is 1.14 bits per heavy atom. The van der Waals surface area contributed by atoms with Crippen molar-refractivity contribution in [3.8, 4) is 16.9 Å². The summed E-state index contributed by atoms with van der Waals surface area (Å²) in [5, 5.41) is 0. The summed E-state index contributed by atoms with van der Waals surface area (Å²) in [6, 6.07) is 14.1. The molecule has 0 radical (unpaired) electrons. The monoisotopic (exact) mass is 394 g/mol. The number of amides is 1. The van der Waals surface area contributed by atoms with Crippen molar-refractivity contribution in [3.63, 3.8) is 0 Å². The number of halogens is 1. The maximum absolute atomic E-state index is 13.5.